The van der Waals surface area contributed by atoms with E-state index in [1.54, 1.807) is 12.1 Å². The molecule has 5 rings (SSSR count). The van der Waals surface area contributed by atoms with Crippen LogP contribution in [0.5, 0.6) is 0 Å². The number of rotatable bonds is 3. The topological polar surface area (TPSA) is 0 Å². The molecule has 2 heteroatoms. The predicted molar refractivity (Wildman–Crippen MR) is 150 cm³/mol. The average molecular weight is 558 g/mol. The summed E-state index contributed by atoms with van der Waals surface area (Å²) < 4.78 is 5.96. The van der Waals surface area contributed by atoms with Crippen molar-refractivity contribution in [2.45, 2.75) is 65.2 Å². The van der Waals surface area contributed by atoms with Gasteiger partial charge in [-0.2, -0.15) is 0 Å². The van der Waals surface area contributed by atoms with E-state index in [9.17, 15) is 0 Å². The number of hydrogen-bond donors (Lipinski definition) is 0. The van der Waals surface area contributed by atoms with Gasteiger partial charge in [0.05, 0.1) is 0 Å². The molecule has 0 fully saturated rings. The molecule has 3 aromatic rings. The molecular formula is C33H35ClZr. The fraction of sp³-hybridized carbons (Fsp3) is 0.303. The van der Waals surface area contributed by atoms with E-state index >= 15 is 0 Å². The first-order valence-corrected chi connectivity index (χ1v) is 16.9. The zero-order chi connectivity index (χ0) is 25.0. The number of allylic oxidation sites excluding steroid dienone is 4. The summed E-state index contributed by atoms with van der Waals surface area (Å²) >= 11 is 4.01. The Hall–Kier alpha value is -1.82. The van der Waals surface area contributed by atoms with Crippen LogP contribution in [0.25, 0.3) is 11.1 Å². The summed E-state index contributed by atoms with van der Waals surface area (Å²) in [6.07, 6.45) is 9.11. The van der Waals surface area contributed by atoms with Gasteiger partial charge in [-0.05, 0) is 0 Å². The summed E-state index contributed by atoms with van der Waals surface area (Å²) in [5.41, 5.74) is 10.4. The zero-order valence-corrected chi connectivity index (χ0v) is 25.0. The van der Waals surface area contributed by atoms with Crippen molar-refractivity contribution in [1.29, 1.82) is 0 Å². The van der Waals surface area contributed by atoms with Crippen molar-refractivity contribution in [2.75, 3.05) is 0 Å². The van der Waals surface area contributed by atoms with Gasteiger partial charge in [0.15, 0.2) is 0 Å². The Balaban J connectivity index is 1.76. The van der Waals surface area contributed by atoms with Gasteiger partial charge < -0.3 is 0 Å². The molecule has 0 radical (unpaired) electrons. The van der Waals surface area contributed by atoms with Crippen LogP contribution in [0.4, 0.5) is 0 Å². The Morgan fingerprint density at radius 3 is 2.29 bits per heavy atom. The van der Waals surface area contributed by atoms with Gasteiger partial charge in [-0.25, -0.2) is 0 Å². The quantitative estimate of drug-likeness (QED) is 0.237. The van der Waals surface area contributed by atoms with Crippen LogP contribution in [0, 0.1) is 0 Å². The molecule has 0 bridgehead atoms. The van der Waals surface area contributed by atoms with Crippen LogP contribution < -0.4 is 3.27 Å². The van der Waals surface area contributed by atoms with Gasteiger partial charge in [0.2, 0.25) is 0 Å². The molecule has 178 valence electrons. The second-order valence-corrected chi connectivity index (χ2v) is 18.0. The Morgan fingerprint density at radius 1 is 0.857 bits per heavy atom. The minimum absolute atomic E-state index is 0.0935. The van der Waals surface area contributed by atoms with E-state index in [-0.39, 0.29) is 10.8 Å². The number of fused-ring (bicyclic) bond motifs is 3. The van der Waals surface area contributed by atoms with E-state index in [0.717, 1.165) is 17.9 Å². The van der Waals surface area contributed by atoms with Crippen LogP contribution in [0.3, 0.4) is 0 Å². The molecule has 0 spiro atoms. The maximum atomic E-state index is 6.42. The summed E-state index contributed by atoms with van der Waals surface area (Å²) in [6, 6.07) is 20.4. The third kappa shape index (κ3) is 4.92. The third-order valence-electron chi connectivity index (χ3n) is 7.30. The van der Waals surface area contributed by atoms with Gasteiger partial charge in [-0.15, -0.1) is 0 Å². The third-order valence-corrected chi connectivity index (χ3v) is 14.4. The molecular weight excluding hydrogens is 523 g/mol. The van der Waals surface area contributed by atoms with Crippen molar-refractivity contribution in [3.63, 3.8) is 0 Å². The molecule has 0 aromatic heterocycles. The Bertz CT molecular complexity index is 1400. The van der Waals surface area contributed by atoms with E-state index in [1.807, 2.05) is 6.07 Å². The molecule has 0 amide bonds. The number of halogens is 1. The summed E-state index contributed by atoms with van der Waals surface area (Å²) in [4.78, 5) is 0. The second-order valence-electron chi connectivity index (χ2n) is 12.0. The van der Waals surface area contributed by atoms with Gasteiger partial charge in [0.1, 0.15) is 0 Å². The summed E-state index contributed by atoms with van der Waals surface area (Å²) in [5.74, 6) is 0. The van der Waals surface area contributed by atoms with Crippen LogP contribution in [0.2, 0.25) is 5.02 Å². The van der Waals surface area contributed by atoms with E-state index in [0.29, 0.717) is 0 Å². The first-order valence-electron chi connectivity index (χ1n) is 12.7. The number of benzene rings is 3. The van der Waals surface area contributed by atoms with Gasteiger partial charge in [-0.3, -0.25) is 0 Å². The maximum absolute atomic E-state index is 6.42. The van der Waals surface area contributed by atoms with Gasteiger partial charge >= 0.3 is 225 Å². The van der Waals surface area contributed by atoms with Crippen LogP contribution in [-0.2, 0) is 38.5 Å². The molecule has 0 saturated carbocycles. The van der Waals surface area contributed by atoms with Gasteiger partial charge in [0.25, 0.3) is 0 Å². The number of hydrogen-bond acceptors (Lipinski definition) is 0. The molecule has 2 aliphatic rings. The fourth-order valence-electron chi connectivity index (χ4n) is 5.41. The van der Waals surface area contributed by atoms with Gasteiger partial charge in [-0.1, -0.05) is 0 Å². The SMILES string of the molecule is CC(C)(C)c1ccc2c(c1)Cc1c-2ccc(C(C)(C)C)[c]1/[Zr](=[CH]\c1cccc(Cl)c1)[C]1=CC=CC1. The van der Waals surface area contributed by atoms with Crippen molar-refractivity contribution >= 4 is 18.6 Å². The van der Waals surface area contributed by atoms with Crippen molar-refractivity contribution in [2.24, 2.45) is 0 Å². The minimum atomic E-state index is -2.41. The van der Waals surface area contributed by atoms with Crippen LogP contribution in [-0.4, -0.2) is 3.71 Å². The first-order chi connectivity index (χ1) is 16.5. The van der Waals surface area contributed by atoms with Crippen molar-refractivity contribution < 1.29 is 21.3 Å². The van der Waals surface area contributed by atoms with Crippen LogP contribution >= 0.6 is 11.6 Å². The molecule has 2 aliphatic carbocycles. The molecule has 0 N–H and O–H groups in total. The van der Waals surface area contributed by atoms with E-state index in [1.165, 1.54) is 33.4 Å². The summed E-state index contributed by atoms with van der Waals surface area (Å²) in [6.45, 7) is 14.1. The van der Waals surface area contributed by atoms with Crippen LogP contribution in [0.1, 0.15) is 75.8 Å². The normalized spacial score (nSPS) is 15.3. The predicted octanol–water partition coefficient (Wildman–Crippen LogP) is 8.44. The van der Waals surface area contributed by atoms with Gasteiger partial charge in [0, 0.05) is 0 Å². The molecule has 0 saturated heterocycles. The average Bonchev–Trinajstić information content (AvgIpc) is 3.43. The van der Waals surface area contributed by atoms with E-state index < -0.39 is 21.3 Å². The molecule has 0 heterocycles. The Labute approximate surface area is 223 Å². The van der Waals surface area contributed by atoms with E-state index in [2.05, 4.69) is 112 Å². The molecule has 35 heavy (non-hydrogen) atoms. The van der Waals surface area contributed by atoms with E-state index in [4.69, 9.17) is 11.6 Å². The molecule has 0 unspecified atom stereocenters. The molecule has 0 atom stereocenters. The monoisotopic (exact) mass is 556 g/mol. The van der Waals surface area contributed by atoms with Crippen LogP contribution in [0.15, 0.2) is 76.1 Å². The Kier molecular flexibility index (Phi) is 6.57. The van der Waals surface area contributed by atoms with Crippen molar-refractivity contribution in [3.05, 3.63) is 109 Å². The molecule has 0 nitrogen and oxygen atoms in total. The van der Waals surface area contributed by atoms with Crippen molar-refractivity contribution in [3.8, 4) is 11.1 Å². The zero-order valence-electron chi connectivity index (χ0n) is 21.8. The van der Waals surface area contributed by atoms with Crippen molar-refractivity contribution in [1.82, 2.24) is 0 Å². The first kappa shape index (κ1) is 24.9. The fourth-order valence-corrected chi connectivity index (χ4v) is 13.2. The summed E-state index contributed by atoms with van der Waals surface area (Å²) in [7, 11) is 0. The summed E-state index contributed by atoms with van der Waals surface area (Å²) in [5, 5.41) is 0.816. The second kappa shape index (κ2) is 9.24. The molecule has 0 aliphatic heterocycles. The standard InChI is InChI=1S/C21H25.C7H5Cl.C5H5.Zr/c1-20(2,3)16-7-9-18-14(12-16)11-15-13-17(21(4,5)6)8-10-19(15)18;1-6-3-2-4-7(8)5-6;1-2-4-5-3-1;/h7-10,12H,11H2,1-6H3;1-5H;1-3H,4H2;. The molecule has 3 aromatic carbocycles. The Morgan fingerprint density at radius 2 is 1.63 bits per heavy atom.